The Morgan fingerprint density at radius 3 is 2.65 bits per heavy atom. The number of nitrogens with one attached hydrogen (secondary N) is 2. The third-order valence-electron chi connectivity index (χ3n) is 6.13. The molecule has 1 aliphatic rings. The van der Waals surface area contributed by atoms with Crippen LogP contribution in [0.3, 0.4) is 0 Å². The molecule has 10 nitrogen and oxygen atoms in total. The smallest absolute Gasteiger partial charge is 0.368 e. The minimum Gasteiger partial charge on any atom is -0.368 e. The van der Waals surface area contributed by atoms with Gasteiger partial charge in [0.2, 0.25) is 11.9 Å². The highest BCUT2D eigenvalue weighted by Crippen LogP contribution is 2.39. The minimum atomic E-state index is -4.13. The molecule has 1 amide bonds. The van der Waals surface area contributed by atoms with E-state index < -0.39 is 12.1 Å². The van der Waals surface area contributed by atoms with Crippen molar-refractivity contribution in [3.8, 4) is 0 Å². The number of nitrogen functional groups attached to an aromatic ring is 1. The van der Waals surface area contributed by atoms with Crippen molar-refractivity contribution in [2.45, 2.75) is 58.8 Å². The van der Waals surface area contributed by atoms with Crippen molar-refractivity contribution in [2.75, 3.05) is 22.9 Å². The lowest BCUT2D eigenvalue weighted by Crippen LogP contribution is -2.30. The van der Waals surface area contributed by atoms with Gasteiger partial charge in [0.1, 0.15) is 12.4 Å². The number of imidazole rings is 1. The number of nitrogens with zero attached hydrogens (tertiary/aromatic N) is 6. The maximum absolute atomic E-state index is 12.9. The van der Waals surface area contributed by atoms with E-state index in [0.717, 1.165) is 5.69 Å². The molecule has 4 rings (SSSR count). The topological polar surface area (TPSA) is 129 Å². The van der Waals surface area contributed by atoms with Gasteiger partial charge >= 0.3 is 6.18 Å². The molecule has 3 heterocycles. The number of nitrogens with two attached hydrogens (primary N) is 1. The van der Waals surface area contributed by atoms with Gasteiger partial charge in [-0.05, 0) is 45.4 Å². The highest BCUT2D eigenvalue weighted by Gasteiger charge is 2.41. The van der Waals surface area contributed by atoms with E-state index in [0.29, 0.717) is 48.7 Å². The molecular weight excluding hydrogens is 451 g/mol. The summed E-state index contributed by atoms with van der Waals surface area (Å²) in [4.78, 5) is 25.4. The van der Waals surface area contributed by atoms with Crippen molar-refractivity contribution >= 4 is 34.7 Å². The lowest BCUT2D eigenvalue weighted by molar-refractivity contribution is -0.183. The van der Waals surface area contributed by atoms with Crippen molar-refractivity contribution in [1.29, 1.82) is 0 Å². The van der Waals surface area contributed by atoms with Crippen molar-refractivity contribution in [2.24, 2.45) is 11.8 Å². The highest BCUT2D eigenvalue weighted by atomic mass is 19.4. The Balaban J connectivity index is 1.42. The molecule has 0 radical (unpaired) electrons. The van der Waals surface area contributed by atoms with Crippen LogP contribution in [0, 0.1) is 18.8 Å². The molecule has 3 aromatic rings. The molecular formula is C21H28F3N9O. The summed E-state index contributed by atoms with van der Waals surface area (Å²) in [5, 5.41) is 10.3. The van der Waals surface area contributed by atoms with Crippen LogP contribution in [0.15, 0.2) is 12.4 Å². The van der Waals surface area contributed by atoms with E-state index in [4.69, 9.17) is 5.73 Å². The fraction of sp³-hybridized carbons (Fsp3) is 0.571. The van der Waals surface area contributed by atoms with E-state index in [-0.39, 0.29) is 37.2 Å². The zero-order valence-electron chi connectivity index (χ0n) is 19.1. The van der Waals surface area contributed by atoms with Gasteiger partial charge in [-0.15, -0.1) is 0 Å². The van der Waals surface area contributed by atoms with Crippen LogP contribution >= 0.6 is 0 Å². The van der Waals surface area contributed by atoms with Gasteiger partial charge in [-0.1, -0.05) is 0 Å². The van der Waals surface area contributed by atoms with Gasteiger partial charge in [0, 0.05) is 19.2 Å². The molecule has 4 N–H and O–H groups in total. The van der Waals surface area contributed by atoms with Crippen LogP contribution in [0.1, 0.15) is 38.3 Å². The first-order chi connectivity index (χ1) is 16.1. The summed E-state index contributed by atoms with van der Waals surface area (Å²) in [5.41, 5.74) is 7.52. The SMILES string of the molecule is CCn1nc(C)cc1NC(=O)Cn1cnc2c(NCC3CCC(C(F)(F)F)CC3)nc(N)nc21. The number of aromatic nitrogens is 6. The molecule has 0 saturated heterocycles. The lowest BCUT2D eigenvalue weighted by Gasteiger charge is -2.30. The molecule has 0 aliphatic heterocycles. The zero-order valence-corrected chi connectivity index (χ0v) is 19.1. The van der Waals surface area contributed by atoms with Crippen LogP contribution < -0.4 is 16.4 Å². The van der Waals surface area contributed by atoms with Crippen LogP contribution in [0.2, 0.25) is 0 Å². The van der Waals surface area contributed by atoms with E-state index in [1.54, 1.807) is 15.3 Å². The van der Waals surface area contributed by atoms with Crippen LogP contribution in [-0.4, -0.2) is 47.9 Å². The number of fused-ring (bicyclic) bond motifs is 1. The minimum absolute atomic E-state index is 0.0117. The third-order valence-corrected chi connectivity index (χ3v) is 6.13. The second-order valence-corrected chi connectivity index (χ2v) is 8.65. The molecule has 1 saturated carbocycles. The Bertz CT molecular complexity index is 1160. The second-order valence-electron chi connectivity index (χ2n) is 8.65. The maximum atomic E-state index is 12.9. The molecule has 3 aromatic heterocycles. The van der Waals surface area contributed by atoms with Crippen LogP contribution in [0.25, 0.3) is 11.2 Å². The van der Waals surface area contributed by atoms with Gasteiger partial charge in [-0.2, -0.15) is 28.2 Å². The number of amides is 1. The fourth-order valence-corrected chi connectivity index (χ4v) is 4.36. The van der Waals surface area contributed by atoms with E-state index in [1.165, 1.54) is 6.33 Å². The Labute approximate surface area is 194 Å². The normalized spacial score (nSPS) is 18.9. The van der Waals surface area contributed by atoms with Crippen LogP contribution in [0.4, 0.5) is 30.8 Å². The molecule has 34 heavy (non-hydrogen) atoms. The molecule has 0 unspecified atom stereocenters. The zero-order chi connectivity index (χ0) is 24.5. The number of carbonyl (C=O) groups excluding carboxylic acids is 1. The van der Waals surface area contributed by atoms with E-state index >= 15 is 0 Å². The third kappa shape index (κ3) is 5.23. The predicted molar refractivity (Wildman–Crippen MR) is 121 cm³/mol. The van der Waals surface area contributed by atoms with Gasteiger partial charge < -0.3 is 20.9 Å². The fourth-order valence-electron chi connectivity index (χ4n) is 4.36. The number of halogens is 3. The van der Waals surface area contributed by atoms with Crippen LogP contribution in [-0.2, 0) is 17.9 Å². The molecule has 184 valence electrons. The van der Waals surface area contributed by atoms with Crippen molar-refractivity contribution in [1.82, 2.24) is 29.3 Å². The number of alkyl halides is 3. The van der Waals surface area contributed by atoms with E-state index in [1.807, 2.05) is 13.8 Å². The highest BCUT2D eigenvalue weighted by molar-refractivity contribution is 5.91. The van der Waals surface area contributed by atoms with Gasteiger partial charge in [-0.3, -0.25) is 4.79 Å². The Kier molecular flexibility index (Phi) is 6.62. The van der Waals surface area contributed by atoms with E-state index in [2.05, 4.69) is 30.7 Å². The summed E-state index contributed by atoms with van der Waals surface area (Å²) in [6.45, 7) is 4.82. The number of aryl methyl sites for hydroxylation is 2. The molecule has 0 atom stereocenters. The summed E-state index contributed by atoms with van der Waals surface area (Å²) in [7, 11) is 0. The Morgan fingerprint density at radius 2 is 1.97 bits per heavy atom. The number of rotatable bonds is 7. The van der Waals surface area contributed by atoms with Crippen molar-refractivity contribution < 1.29 is 18.0 Å². The average molecular weight is 480 g/mol. The number of anilines is 3. The summed E-state index contributed by atoms with van der Waals surface area (Å²) in [5.74, 6) is -0.374. The number of hydrogen-bond acceptors (Lipinski definition) is 7. The largest absolute Gasteiger partial charge is 0.391 e. The summed E-state index contributed by atoms with van der Waals surface area (Å²) in [6, 6.07) is 1.79. The summed E-state index contributed by atoms with van der Waals surface area (Å²) >= 11 is 0. The maximum Gasteiger partial charge on any atom is 0.391 e. The van der Waals surface area contributed by atoms with Gasteiger partial charge in [0.15, 0.2) is 17.0 Å². The molecule has 13 heteroatoms. The number of hydrogen-bond donors (Lipinski definition) is 3. The van der Waals surface area contributed by atoms with E-state index in [9.17, 15) is 18.0 Å². The van der Waals surface area contributed by atoms with Crippen molar-refractivity contribution in [3.63, 3.8) is 0 Å². The van der Waals surface area contributed by atoms with Crippen LogP contribution in [0.5, 0.6) is 0 Å². The second kappa shape index (κ2) is 9.47. The Morgan fingerprint density at radius 1 is 1.24 bits per heavy atom. The average Bonchev–Trinajstić information content (AvgIpc) is 3.34. The molecule has 0 bridgehead atoms. The molecule has 0 aromatic carbocycles. The lowest BCUT2D eigenvalue weighted by atomic mass is 9.81. The number of carbonyl (C=O) groups is 1. The summed E-state index contributed by atoms with van der Waals surface area (Å²) < 4.78 is 42.0. The molecule has 1 aliphatic carbocycles. The predicted octanol–water partition coefficient (Wildman–Crippen LogP) is 3.35. The summed E-state index contributed by atoms with van der Waals surface area (Å²) in [6.07, 6.45) is -1.39. The van der Waals surface area contributed by atoms with Crippen molar-refractivity contribution in [3.05, 3.63) is 18.1 Å². The quantitative estimate of drug-likeness (QED) is 0.474. The standard InChI is InChI=1S/C21H28F3N9O/c1-3-33-15(8-12(2)31-33)28-16(34)10-32-11-27-17-18(29-20(25)30-19(17)32)26-9-13-4-6-14(7-5-13)21(22,23)24/h8,11,13-14H,3-7,9-10H2,1-2H3,(H,28,34)(H3,25,26,29,30). The molecule has 0 spiro atoms. The van der Waals surface area contributed by atoms with Gasteiger partial charge in [0.25, 0.3) is 0 Å². The van der Waals surface area contributed by atoms with Gasteiger partial charge in [0.05, 0.1) is 17.9 Å². The first-order valence-electron chi connectivity index (χ1n) is 11.3. The first kappa shape index (κ1) is 23.8. The monoisotopic (exact) mass is 479 g/mol. The first-order valence-corrected chi connectivity index (χ1v) is 11.3. The Hall–Kier alpha value is -3.38. The van der Waals surface area contributed by atoms with Gasteiger partial charge in [-0.25, -0.2) is 9.67 Å². The molecule has 1 fully saturated rings.